The molecule has 0 heterocycles. The zero-order chi connectivity index (χ0) is 18.4. The van der Waals surface area contributed by atoms with Gasteiger partial charge in [0.15, 0.2) is 0 Å². The molecule has 0 atom stereocenters. The van der Waals surface area contributed by atoms with Crippen LogP contribution in [-0.2, 0) is 10.0 Å². The van der Waals surface area contributed by atoms with Crippen molar-refractivity contribution in [3.63, 3.8) is 0 Å². The highest BCUT2D eigenvalue weighted by molar-refractivity contribution is 7.92. The lowest BCUT2D eigenvalue weighted by atomic mass is 10.2. The molecule has 2 aromatic rings. The molecule has 25 heavy (non-hydrogen) atoms. The summed E-state index contributed by atoms with van der Waals surface area (Å²) in [5, 5.41) is 2.80. The van der Waals surface area contributed by atoms with E-state index < -0.39 is 10.0 Å². The van der Waals surface area contributed by atoms with Crippen molar-refractivity contribution in [1.29, 1.82) is 0 Å². The number of carbonyl (C=O) groups excluding carboxylic acids is 1. The average Bonchev–Trinajstić information content (AvgIpc) is 2.61. The van der Waals surface area contributed by atoms with Crippen molar-refractivity contribution in [1.82, 2.24) is 5.32 Å². The van der Waals surface area contributed by atoms with Gasteiger partial charge in [-0.25, -0.2) is 8.42 Å². The van der Waals surface area contributed by atoms with Crippen LogP contribution in [0.15, 0.2) is 59.5 Å². The average molecular weight is 362 g/mol. The maximum atomic E-state index is 12.8. The molecule has 2 N–H and O–H groups in total. The highest BCUT2D eigenvalue weighted by atomic mass is 32.2. The molecule has 7 heteroatoms. The predicted molar refractivity (Wildman–Crippen MR) is 98.5 cm³/mol. The summed E-state index contributed by atoms with van der Waals surface area (Å²) in [6.45, 7) is 1.32. The van der Waals surface area contributed by atoms with Crippen LogP contribution < -0.4 is 14.5 Å². The lowest BCUT2D eigenvalue weighted by Crippen LogP contribution is -3.06. The fourth-order valence-electron chi connectivity index (χ4n) is 2.26. The summed E-state index contributed by atoms with van der Waals surface area (Å²) in [5.74, 6) is -0.277. The van der Waals surface area contributed by atoms with Gasteiger partial charge in [-0.05, 0) is 30.3 Å². The molecule has 0 aliphatic rings. The van der Waals surface area contributed by atoms with E-state index >= 15 is 0 Å². The van der Waals surface area contributed by atoms with E-state index in [1.54, 1.807) is 36.4 Å². The van der Waals surface area contributed by atoms with Gasteiger partial charge in [0, 0.05) is 12.6 Å². The minimum atomic E-state index is -3.73. The van der Waals surface area contributed by atoms with Crippen molar-refractivity contribution in [2.45, 2.75) is 4.90 Å². The number of nitrogens with one attached hydrogen (secondary N) is 2. The first kappa shape index (κ1) is 19.0. The van der Waals surface area contributed by atoms with Crippen LogP contribution in [0.5, 0.6) is 0 Å². The molecule has 0 spiro atoms. The molecule has 1 amide bonds. The van der Waals surface area contributed by atoms with Gasteiger partial charge in [0.05, 0.1) is 37.8 Å². The highest BCUT2D eigenvalue weighted by Gasteiger charge is 2.22. The molecule has 2 aromatic carbocycles. The largest absolute Gasteiger partial charge is 0.346 e. The van der Waals surface area contributed by atoms with E-state index in [0.29, 0.717) is 17.8 Å². The van der Waals surface area contributed by atoms with Gasteiger partial charge in [-0.1, -0.05) is 24.3 Å². The molecule has 0 aliphatic heterocycles. The van der Waals surface area contributed by atoms with E-state index in [2.05, 4.69) is 5.32 Å². The monoisotopic (exact) mass is 362 g/mol. The number of hydrogen-bond donors (Lipinski definition) is 2. The molecule has 0 saturated carbocycles. The number of benzene rings is 2. The number of likely N-dealkylation sites (N-methyl/N-ethyl adjacent to an activating group) is 1. The van der Waals surface area contributed by atoms with Gasteiger partial charge in [0.1, 0.15) is 0 Å². The van der Waals surface area contributed by atoms with Crippen LogP contribution in [0.3, 0.4) is 0 Å². The second-order valence-corrected chi connectivity index (χ2v) is 8.02. The van der Waals surface area contributed by atoms with Gasteiger partial charge in [-0.2, -0.15) is 0 Å². The minimum absolute atomic E-state index is 0.0877. The summed E-state index contributed by atoms with van der Waals surface area (Å²) in [7, 11) is 1.76. The fraction of sp³-hybridized carbons (Fsp3) is 0.278. The van der Waals surface area contributed by atoms with Crippen LogP contribution in [-0.4, -0.2) is 48.6 Å². The molecule has 6 nitrogen and oxygen atoms in total. The zero-order valence-electron chi connectivity index (χ0n) is 14.7. The maximum Gasteiger partial charge on any atom is 0.264 e. The summed E-state index contributed by atoms with van der Waals surface area (Å²) < 4.78 is 26.8. The molecule has 0 saturated heterocycles. The van der Waals surface area contributed by atoms with Crippen molar-refractivity contribution in [3.05, 3.63) is 60.2 Å². The number of amides is 1. The van der Waals surface area contributed by atoms with E-state index in [9.17, 15) is 13.2 Å². The van der Waals surface area contributed by atoms with Gasteiger partial charge in [-0.15, -0.1) is 0 Å². The Hall–Kier alpha value is -2.38. The highest BCUT2D eigenvalue weighted by Crippen LogP contribution is 2.22. The summed E-state index contributed by atoms with van der Waals surface area (Å²) >= 11 is 0. The molecule has 0 radical (unpaired) electrons. The van der Waals surface area contributed by atoms with Crippen LogP contribution in [0.1, 0.15) is 10.4 Å². The molecular formula is C18H24N3O3S+. The van der Waals surface area contributed by atoms with Crippen LogP contribution in [0.4, 0.5) is 5.69 Å². The number of quaternary nitrogens is 1. The Balaban J connectivity index is 2.21. The van der Waals surface area contributed by atoms with Gasteiger partial charge in [0.2, 0.25) is 0 Å². The molecule has 2 rings (SSSR count). The normalized spacial score (nSPS) is 11.4. The topological polar surface area (TPSA) is 70.9 Å². The fourth-order valence-corrected chi connectivity index (χ4v) is 3.50. The summed E-state index contributed by atoms with van der Waals surface area (Å²) in [6.07, 6.45) is 0. The van der Waals surface area contributed by atoms with E-state index in [1.165, 1.54) is 28.4 Å². The third-order valence-corrected chi connectivity index (χ3v) is 5.57. The summed E-state index contributed by atoms with van der Waals surface area (Å²) in [5.41, 5.74) is 0.891. The molecular weight excluding hydrogens is 338 g/mol. The van der Waals surface area contributed by atoms with Gasteiger partial charge in [0.25, 0.3) is 15.9 Å². The Bertz CT molecular complexity index is 820. The second-order valence-electron chi connectivity index (χ2n) is 6.05. The van der Waals surface area contributed by atoms with Crippen LogP contribution in [0, 0.1) is 0 Å². The van der Waals surface area contributed by atoms with E-state index in [-0.39, 0.29) is 10.8 Å². The van der Waals surface area contributed by atoms with Crippen molar-refractivity contribution >= 4 is 21.6 Å². The minimum Gasteiger partial charge on any atom is -0.346 e. The Morgan fingerprint density at radius 2 is 1.76 bits per heavy atom. The molecule has 0 aliphatic carbocycles. The third kappa shape index (κ3) is 4.80. The first-order valence-electron chi connectivity index (χ1n) is 8.03. The zero-order valence-corrected chi connectivity index (χ0v) is 15.5. The van der Waals surface area contributed by atoms with Gasteiger partial charge in [-0.3, -0.25) is 9.10 Å². The lowest BCUT2D eigenvalue weighted by Gasteiger charge is -2.19. The van der Waals surface area contributed by atoms with Crippen LogP contribution in [0.2, 0.25) is 0 Å². The predicted octanol–water partition coefficient (Wildman–Crippen LogP) is 0.386. The SMILES string of the molecule is CN(c1ccccc1)S(=O)(=O)c1cccc(C(=O)NCC[NH+](C)C)c1. The molecule has 0 unspecified atom stereocenters. The van der Waals surface area contributed by atoms with Crippen molar-refractivity contribution in [3.8, 4) is 0 Å². The first-order valence-corrected chi connectivity index (χ1v) is 9.47. The third-order valence-electron chi connectivity index (χ3n) is 3.78. The number of hydrogen-bond acceptors (Lipinski definition) is 3. The smallest absolute Gasteiger partial charge is 0.264 e. The number of nitrogens with zero attached hydrogens (tertiary/aromatic N) is 1. The van der Waals surface area contributed by atoms with Crippen LogP contribution in [0.25, 0.3) is 0 Å². The quantitative estimate of drug-likeness (QED) is 0.748. The van der Waals surface area contributed by atoms with Gasteiger partial charge < -0.3 is 10.2 Å². The van der Waals surface area contributed by atoms with Crippen molar-refractivity contribution in [2.75, 3.05) is 38.5 Å². The number of sulfonamides is 1. The number of anilines is 1. The summed E-state index contributed by atoms with van der Waals surface area (Å²) in [6, 6.07) is 14.9. The Morgan fingerprint density at radius 1 is 1.08 bits per heavy atom. The van der Waals surface area contributed by atoms with Crippen molar-refractivity contribution < 1.29 is 18.1 Å². The number of para-hydroxylation sites is 1. The molecule has 0 bridgehead atoms. The molecule has 134 valence electrons. The molecule has 0 aromatic heterocycles. The second kappa shape index (κ2) is 8.13. The number of rotatable bonds is 7. The maximum absolute atomic E-state index is 12.8. The van der Waals surface area contributed by atoms with Gasteiger partial charge >= 0.3 is 0 Å². The molecule has 0 fully saturated rings. The number of carbonyl (C=O) groups is 1. The van der Waals surface area contributed by atoms with Crippen LogP contribution >= 0.6 is 0 Å². The Kier molecular flexibility index (Phi) is 6.17. The first-order chi connectivity index (χ1) is 11.8. The van der Waals surface area contributed by atoms with Crippen molar-refractivity contribution in [2.24, 2.45) is 0 Å². The standard InChI is InChI=1S/C18H23N3O3S/c1-20(2)13-12-19-18(22)15-8-7-11-17(14-15)25(23,24)21(3)16-9-5-4-6-10-16/h4-11,14H,12-13H2,1-3H3,(H,19,22)/p+1. The lowest BCUT2D eigenvalue weighted by molar-refractivity contribution is -0.856. The Morgan fingerprint density at radius 3 is 2.40 bits per heavy atom. The van der Waals surface area contributed by atoms with E-state index in [1.807, 2.05) is 20.2 Å². The van der Waals surface area contributed by atoms with E-state index in [4.69, 9.17) is 0 Å². The summed E-state index contributed by atoms with van der Waals surface area (Å²) in [4.78, 5) is 13.5. The Labute approximate surface area is 149 Å². The van der Waals surface area contributed by atoms with E-state index in [0.717, 1.165) is 6.54 Å².